The Bertz CT molecular complexity index is 823. The molecule has 0 spiro atoms. The molecule has 2 fully saturated rings. The first-order chi connectivity index (χ1) is 14.3. The largest absolute Gasteiger partial charge is 0.375 e. The second kappa shape index (κ2) is 9.31. The molecule has 7 heteroatoms. The van der Waals surface area contributed by atoms with Crippen LogP contribution in [0.15, 0.2) is 30.7 Å². The van der Waals surface area contributed by atoms with Crippen LogP contribution in [0, 0.1) is 0 Å². The summed E-state index contributed by atoms with van der Waals surface area (Å²) < 4.78 is 5.06. The molecule has 1 atom stereocenters. The molecule has 0 unspecified atom stereocenters. The molecule has 2 saturated heterocycles. The quantitative estimate of drug-likeness (QED) is 0.775. The number of carbonyl (C=O) groups is 1. The van der Waals surface area contributed by atoms with E-state index in [1.54, 1.807) is 13.3 Å². The number of carbonyl (C=O) groups excluding carboxylic acids is 1. The van der Waals surface area contributed by atoms with Gasteiger partial charge in [0.25, 0.3) is 0 Å². The van der Waals surface area contributed by atoms with Crippen molar-refractivity contribution in [1.29, 1.82) is 0 Å². The van der Waals surface area contributed by atoms with Gasteiger partial charge >= 0.3 is 0 Å². The third kappa shape index (κ3) is 4.56. The van der Waals surface area contributed by atoms with Crippen molar-refractivity contribution in [1.82, 2.24) is 19.9 Å². The van der Waals surface area contributed by atoms with Crippen molar-refractivity contribution >= 4 is 11.9 Å². The van der Waals surface area contributed by atoms with Gasteiger partial charge in [0.15, 0.2) is 0 Å². The maximum atomic E-state index is 12.4. The molecule has 0 bridgehead atoms. The minimum atomic E-state index is 0.0467. The maximum absolute atomic E-state index is 12.4. The number of piperidine rings is 2. The second-order valence-electron chi connectivity index (χ2n) is 7.87. The van der Waals surface area contributed by atoms with Crippen LogP contribution < -0.4 is 4.90 Å². The van der Waals surface area contributed by atoms with E-state index in [1.165, 1.54) is 19.3 Å². The first-order valence-corrected chi connectivity index (χ1v) is 10.6. The van der Waals surface area contributed by atoms with E-state index in [9.17, 15) is 4.79 Å². The third-order valence-electron chi connectivity index (χ3n) is 5.85. The number of hydrogen-bond acceptors (Lipinski definition) is 6. The molecule has 1 amide bonds. The van der Waals surface area contributed by atoms with Crippen molar-refractivity contribution < 1.29 is 9.53 Å². The number of nitrogens with zero attached hydrogens (tertiary/aromatic N) is 5. The van der Waals surface area contributed by atoms with Gasteiger partial charge in [-0.3, -0.25) is 9.78 Å². The molecular formula is C22H29N5O2. The molecule has 2 aliphatic rings. The summed E-state index contributed by atoms with van der Waals surface area (Å²) in [6.45, 7) is 3.60. The minimum Gasteiger partial charge on any atom is -0.375 e. The highest BCUT2D eigenvalue weighted by molar-refractivity contribution is 5.77. The van der Waals surface area contributed by atoms with E-state index < -0.39 is 0 Å². The van der Waals surface area contributed by atoms with Gasteiger partial charge in [-0.15, -0.1) is 0 Å². The Balaban J connectivity index is 1.67. The van der Waals surface area contributed by atoms with Gasteiger partial charge in [-0.05, 0) is 38.2 Å². The van der Waals surface area contributed by atoms with E-state index in [0.717, 1.165) is 55.2 Å². The monoisotopic (exact) mass is 395 g/mol. The average molecular weight is 396 g/mol. The summed E-state index contributed by atoms with van der Waals surface area (Å²) in [6.07, 6.45) is 11.2. The number of anilines is 1. The van der Waals surface area contributed by atoms with Crippen LogP contribution in [0.2, 0.25) is 0 Å². The Morgan fingerprint density at radius 2 is 2.03 bits per heavy atom. The van der Waals surface area contributed by atoms with Crippen LogP contribution in [-0.4, -0.2) is 65.7 Å². The number of methoxy groups -OCH3 is 1. The van der Waals surface area contributed by atoms with Crippen molar-refractivity contribution in [2.45, 2.75) is 38.0 Å². The highest BCUT2D eigenvalue weighted by Gasteiger charge is 2.28. The lowest BCUT2D eigenvalue weighted by atomic mass is 9.90. The highest BCUT2D eigenvalue weighted by Crippen LogP contribution is 2.34. The standard InChI is InChI=1S/C22H29N5O2/c1-29-16-20(28)27-12-6-8-18(15-27)21-19(17-7-5-9-23-13-17)14-24-22(25-21)26-10-3-2-4-11-26/h5,7,9,13-14,18H,2-4,6,8,10-12,15-16H2,1H3/t18-/m1/s1. The molecule has 2 aromatic heterocycles. The summed E-state index contributed by atoms with van der Waals surface area (Å²) in [5.74, 6) is 1.05. The van der Waals surface area contributed by atoms with Crippen LogP contribution in [0.25, 0.3) is 11.1 Å². The van der Waals surface area contributed by atoms with Crippen molar-refractivity contribution in [3.63, 3.8) is 0 Å². The number of aromatic nitrogens is 3. The summed E-state index contributed by atoms with van der Waals surface area (Å²) in [6, 6.07) is 3.99. The van der Waals surface area contributed by atoms with E-state index in [-0.39, 0.29) is 18.4 Å². The third-order valence-corrected chi connectivity index (χ3v) is 5.85. The Morgan fingerprint density at radius 3 is 2.79 bits per heavy atom. The van der Waals surface area contributed by atoms with Crippen LogP contribution in [-0.2, 0) is 9.53 Å². The Morgan fingerprint density at radius 1 is 1.17 bits per heavy atom. The van der Waals surface area contributed by atoms with Gasteiger partial charge in [0, 0.05) is 68.9 Å². The van der Waals surface area contributed by atoms with E-state index >= 15 is 0 Å². The van der Waals surface area contributed by atoms with E-state index in [2.05, 4.69) is 9.88 Å². The molecule has 0 radical (unpaired) electrons. The first-order valence-electron chi connectivity index (χ1n) is 10.6. The summed E-state index contributed by atoms with van der Waals surface area (Å²) in [5.41, 5.74) is 3.07. The maximum Gasteiger partial charge on any atom is 0.248 e. The zero-order valence-electron chi connectivity index (χ0n) is 17.1. The zero-order chi connectivity index (χ0) is 20.1. The predicted octanol–water partition coefficient (Wildman–Crippen LogP) is 2.88. The van der Waals surface area contributed by atoms with Crippen LogP contribution in [0.5, 0.6) is 0 Å². The summed E-state index contributed by atoms with van der Waals surface area (Å²) in [5, 5.41) is 0. The van der Waals surface area contributed by atoms with Gasteiger partial charge in [0.2, 0.25) is 11.9 Å². The molecule has 154 valence electrons. The first kappa shape index (κ1) is 19.8. The zero-order valence-corrected chi connectivity index (χ0v) is 17.1. The Kier molecular flexibility index (Phi) is 6.34. The summed E-state index contributed by atoms with van der Waals surface area (Å²) in [4.78, 5) is 30.6. The van der Waals surface area contributed by atoms with Crippen molar-refractivity contribution in [2.75, 3.05) is 44.8 Å². The van der Waals surface area contributed by atoms with Gasteiger partial charge in [0.1, 0.15) is 6.61 Å². The fourth-order valence-corrected chi connectivity index (χ4v) is 4.33. The molecule has 0 saturated carbocycles. The molecule has 0 N–H and O–H groups in total. The van der Waals surface area contributed by atoms with Crippen LogP contribution >= 0.6 is 0 Å². The van der Waals surface area contributed by atoms with Crippen LogP contribution in [0.4, 0.5) is 5.95 Å². The van der Waals surface area contributed by atoms with Gasteiger partial charge in [-0.2, -0.15) is 0 Å². The van der Waals surface area contributed by atoms with E-state index in [0.29, 0.717) is 6.54 Å². The van der Waals surface area contributed by atoms with Gasteiger partial charge in [-0.25, -0.2) is 9.97 Å². The number of likely N-dealkylation sites (tertiary alicyclic amines) is 1. The van der Waals surface area contributed by atoms with Crippen molar-refractivity contribution in [3.8, 4) is 11.1 Å². The molecule has 2 aromatic rings. The fraction of sp³-hybridized carbons (Fsp3) is 0.545. The second-order valence-corrected chi connectivity index (χ2v) is 7.87. The number of amides is 1. The smallest absolute Gasteiger partial charge is 0.248 e. The number of pyridine rings is 1. The summed E-state index contributed by atoms with van der Waals surface area (Å²) in [7, 11) is 1.56. The highest BCUT2D eigenvalue weighted by atomic mass is 16.5. The van der Waals surface area contributed by atoms with Crippen LogP contribution in [0.3, 0.4) is 0 Å². The van der Waals surface area contributed by atoms with Crippen molar-refractivity contribution in [2.24, 2.45) is 0 Å². The molecule has 4 rings (SSSR count). The van der Waals surface area contributed by atoms with E-state index in [1.807, 2.05) is 29.4 Å². The molecule has 2 aliphatic heterocycles. The lowest BCUT2D eigenvalue weighted by Crippen LogP contribution is -2.41. The SMILES string of the molecule is COCC(=O)N1CCC[C@@H](c2nc(N3CCCCC3)ncc2-c2cccnc2)C1. The lowest BCUT2D eigenvalue weighted by molar-refractivity contribution is -0.136. The molecule has 4 heterocycles. The Labute approximate surface area is 172 Å². The topological polar surface area (TPSA) is 71.5 Å². The number of hydrogen-bond donors (Lipinski definition) is 0. The molecular weight excluding hydrogens is 366 g/mol. The average Bonchev–Trinajstić information content (AvgIpc) is 2.80. The lowest BCUT2D eigenvalue weighted by Gasteiger charge is -2.34. The van der Waals surface area contributed by atoms with E-state index in [4.69, 9.17) is 14.7 Å². The van der Waals surface area contributed by atoms with Gasteiger partial charge < -0.3 is 14.5 Å². The molecule has 0 aliphatic carbocycles. The minimum absolute atomic E-state index is 0.0467. The fourth-order valence-electron chi connectivity index (χ4n) is 4.33. The normalized spacial score (nSPS) is 20.0. The predicted molar refractivity (Wildman–Crippen MR) is 112 cm³/mol. The Hall–Kier alpha value is -2.54. The van der Waals surface area contributed by atoms with Crippen molar-refractivity contribution in [3.05, 3.63) is 36.4 Å². The number of rotatable bonds is 5. The summed E-state index contributed by atoms with van der Waals surface area (Å²) >= 11 is 0. The number of ether oxygens (including phenoxy) is 1. The van der Waals surface area contributed by atoms with Crippen LogP contribution in [0.1, 0.15) is 43.7 Å². The van der Waals surface area contributed by atoms with Gasteiger partial charge in [-0.1, -0.05) is 6.07 Å². The van der Waals surface area contributed by atoms with Gasteiger partial charge in [0.05, 0.1) is 5.69 Å². The molecule has 7 nitrogen and oxygen atoms in total. The molecule has 29 heavy (non-hydrogen) atoms. The molecule has 0 aromatic carbocycles.